The number of fused-ring (bicyclic) bond motifs is 1. The molecule has 2 rings (SSSR count). The molecule has 0 bridgehead atoms. The molecule has 4 nitrogen and oxygen atoms in total. The molecular formula is C12H12N2O2. The molecule has 0 unspecified atom stereocenters. The van der Waals surface area contributed by atoms with Crippen LogP contribution in [0.5, 0.6) is 0 Å². The molecular weight excluding hydrogens is 204 g/mol. The van der Waals surface area contributed by atoms with Gasteiger partial charge in [0.2, 0.25) is 0 Å². The summed E-state index contributed by atoms with van der Waals surface area (Å²) in [6, 6.07) is 8.47. The summed E-state index contributed by atoms with van der Waals surface area (Å²) in [5.41, 5.74) is 0.855. The van der Waals surface area contributed by atoms with Crippen LogP contribution < -0.4 is 5.43 Å². The molecule has 0 aliphatic heterocycles. The van der Waals surface area contributed by atoms with Gasteiger partial charge in [0.1, 0.15) is 5.69 Å². The number of aromatic amines is 1. The molecule has 0 spiro atoms. The Morgan fingerprint density at radius 2 is 1.94 bits per heavy atom. The number of nitrogens with one attached hydrogen (secondary N) is 1. The van der Waals surface area contributed by atoms with Crippen molar-refractivity contribution in [2.24, 2.45) is 0 Å². The van der Waals surface area contributed by atoms with E-state index in [4.69, 9.17) is 0 Å². The topological polar surface area (TPSA) is 53.2 Å². The van der Waals surface area contributed by atoms with Gasteiger partial charge in [-0.2, -0.15) is 0 Å². The highest BCUT2D eigenvalue weighted by atomic mass is 16.2. The second-order valence-corrected chi connectivity index (χ2v) is 3.79. The molecule has 1 heterocycles. The van der Waals surface area contributed by atoms with E-state index in [-0.39, 0.29) is 11.3 Å². The molecule has 0 aliphatic rings. The fourth-order valence-electron chi connectivity index (χ4n) is 1.55. The standard InChI is InChI=1S/C12H12N2O2/c1-14(2)12(16)10-7-11(15)8-5-3-4-6-9(8)13-10/h3-7H,1-2H3,(H,13,15). The first-order valence-corrected chi connectivity index (χ1v) is 4.93. The fraction of sp³-hybridized carbons (Fsp3) is 0.167. The number of hydrogen-bond acceptors (Lipinski definition) is 2. The van der Waals surface area contributed by atoms with E-state index in [0.29, 0.717) is 16.6 Å². The van der Waals surface area contributed by atoms with Gasteiger partial charge in [0, 0.05) is 31.1 Å². The molecule has 1 aromatic heterocycles. The smallest absolute Gasteiger partial charge is 0.269 e. The number of carbonyl (C=O) groups excluding carboxylic acids is 1. The maximum atomic E-state index is 11.7. The van der Waals surface area contributed by atoms with Crippen molar-refractivity contribution in [1.29, 1.82) is 0 Å². The summed E-state index contributed by atoms with van der Waals surface area (Å²) in [4.78, 5) is 27.8. The van der Waals surface area contributed by atoms with Crippen LogP contribution in [0.2, 0.25) is 0 Å². The third-order valence-corrected chi connectivity index (χ3v) is 2.37. The Kier molecular flexibility index (Phi) is 2.48. The third-order valence-electron chi connectivity index (χ3n) is 2.37. The number of rotatable bonds is 1. The van der Waals surface area contributed by atoms with Crippen molar-refractivity contribution in [1.82, 2.24) is 9.88 Å². The minimum atomic E-state index is -0.206. The first-order chi connectivity index (χ1) is 7.59. The number of pyridine rings is 1. The van der Waals surface area contributed by atoms with E-state index >= 15 is 0 Å². The molecule has 4 heteroatoms. The number of carbonyl (C=O) groups is 1. The number of nitrogens with zero attached hydrogens (tertiary/aromatic N) is 1. The van der Waals surface area contributed by atoms with E-state index in [1.54, 1.807) is 32.3 Å². The van der Waals surface area contributed by atoms with Crippen LogP contribution in [0.15, 0.2) is 35.1 Å². The molecule has 1 amide bonds. The molecule has 0 saturated carbocycles. The van der Waals surface area contributed by atoms with Crippen LogP contribution in [0.4, 0.5) is 0 Å². The van der Waals surface area contributed by atoms with Gasteiger partial charge >= 0.3 is 0 Å². The summed E-state index contributed by atoms with van der Waals surface area (Å²) >= 11 is 0. The largest absolute Gasteiger partial charge is 0.350 e. The third kappa shape index (κ3) is 1.69. The van der Waals surface area contributed by atoms with E-state index in [2.05, 4.69) is 4.98 Å². The van der Waals surface area contributed by atoms with Crippen LogP contribution in [0.3, 0.4) is 0 Å². The quantitative estimate of drug-likeness (QED) is 0.779. The Morgan fingerprint density at radius 1 is 1.25 bits per heavy atom. The Labute approximate surface area is 92.5 Å². The van der Waals surface area contributed by atoms with Gasteiger partial charge < -0.3 is 9.88 Å². The second kappa shape index (κ2) is 3.81. The fourth-order valence-corrected chi connectivity index (χ4v) is 1.55. The van der Waals surface area contributed by atoms with Crippen molar-refractivity contribution < 1.29 is 4.79 Å². The van der Waals surface area contributed by atoms with Gasteiger partial charge in [-0.1, -0.05) is 12.1 Å². The maximum absolute atomic E-state index is 11.7. The number of para-hydroxylation sites is 1. The van der Waals surface area contributed by atoms with Gasteiger partial charge in [0.15, 0.2) is 5.43 Å². The SMILES string of the molecule is CN(C)C(=O)c1cc(=O)c2ccccc2[nH]1. The maximum Gasteiger partial charge on any atom is 0.269 e. The normalized spacial score (nSPS) is 10.4. The summed E-state index contributed by atoms with van der Waals surface area (Å²) < 4.78 is 0. The van der Waals surface area contributed by atoms with Crippen LogP contribution in [-0.2, 0) is 0 Å². The highest BCUT2D eigenvalue weighted by Crippen LogP contribution is 2.07. The molecule has 0 aliphatic carbocycles. The summed E-state index contributed by atoms with van der Waals surface area (Å²) in [6.45, 7) is 0. The number of H-pyrrole nitrogens is 1. The van der Waals surface area contributed by atoms with E-state index in [9.17, 15) is 9.59 Å². The number of hydrogen-bond donors (Lipinski definition) is 1. The minimum Gasteiger partial charge on any atom is -0.350 e. The average molecular weight is 216 g/mol. The summed E-state index contributed by atoms with van der Waals surface area (Å²) in [6.07, 6.45) is 0. The molecule has 0 fully saturated rings. The van der Waals surface area contributed by atoms with Crippen molar-refractivity contribution in [2.45, 2.75) is 0 Å². The summed E-state index contributed by atoms with van der Waals surface area (Å²) in [5.74, 6) is -0.206. The molecule has 0 atom stereocenters. The lowest BCUT2D eigenvalue weighted by atomic mass is 10.2. The van der Waals surface area contributed by atoms with Crippen molar-refractivity contribution in [3.05, 3.63) is 46.2 Å². The van der Waals surface area contributed by atoms with E-state index in [1.807, 2.05) is 6.07 Å². The van der Waals surface area contributed by atoms with Gasteiger partial charge in [-0.25, -0.2) is 0 Å². The zero-order valence-corrected chi connectivity index (χ0v) is 9.15. The van der Waals surface area contributed by atoms with E-state index in [0.717, 1.165) is 0 Å². The lowest BCUT2D eigenvalue weighted by Gasteiger charge is -2.10. The number of benzene rings is 1. The lowest BCUT2D eigenvalue weighted by Crippen LogP contribution is -2.24. The van der Waals surface area contributed by atoms with Crippen molar-refractivity contribution in [2.75, 3.05) is 14.1 Å². The Morgan fingerprint density at radius 3 is 2.62 bits per heavy atom. The number of aromatic nitrogens is 1. The second-order valence-electron chi connectivity index (χ2n) is 3.79. The molecule has 82 valence electrons. The van der Waals surface area contributed by atoms with Gasteiger partial charge in [0.25, 0.3) is 5.91 Å². The molecule has 0 radical (unpaired) electrons. The van der Waals surface area contributed by atoms with Crippen LogP contribution in [-0.4, -0.2) is 29.9 Å². The van der Waals surface area contributed by atoms with Gasteiger partial charge in [-0.05, 0) is 12.1 Å². The van der Waals surface area contributed by atoms with E-state index < -0.39 is 0 Å². The van der Waals surface area contributed by atoms with Crippen molar-refractivity contribution >= 4 is 16.8 Å². The van der Waals surface area contributed by atoms with E-state index in [1.165, 1.54) is 11.0 Å². The molecule has 16 heavy (non-hydrogen) atoms. The molecule has 1 aromatic carbocycles. The van der Waals surface area contributed by atoms with Gasteiger partial charge in [0.05, 0.1) is 0 Å². The first kappa shape index (κ1) is 10.4. The van der Waals surface area contributed by atoms with Gasteiger partial charge in [-0.3, -0.25) is 9.59 Å². The van der Waals surface area contributed by atoms with Crippen LogP contribution in [0.1, 0.15) is 10.5 Å². The minimum absolute atomic E-state index is 0.139. The molecule has 1 N–H and O–H groups in total. The predicted octanol–water partition coefficient (Wildman–Crippen LogP) is 1.23. The summed E-state index contributed by atoms with van der Waals surface area (Å²) in [5, 5.41) is 0.595. The van der Waals surface area contributed by atoms with Crippen LogP contribution in [0, 0.1) is 0 Å². The Hall–Kier alpha value is -2.10. The predicted molar refractivity (Wildman–Crippen MR) is 62.6 cm³/mol. The number of amides is 1. The Balaban J connectivity index is 2.67. The zero-order valence-electron chi connectivity index (χ0n) is 9.15. The Bertz CT molecular complexity index is 599. The van der Waals surface area contributed by atoms with Crippen LogP contribution in [0.25, 0.3) is 10.9 Å². The monoisotopic (exact) mass is 216 g/mol. The highest BCUT2D eigenvalue weighted by molar-refractivity contribution is 5.94. The van der Waals surface area contributed by atoms with Gasteiger partial charge in [-0.15, -0.1) is 0 Å². The first-order valence-electron chi connectivity index (χ1n) is 4.93. The zero-order chi connectivity index (χ0) is 11.7. The van der Waals surface area contributed by atoms with Crippen molar-refractivity contribution in [3.63, 3.8) is 0 Å². The molecule has 0 saturated heterocycles. The average Bonchev–Trinajstić information content (AvgIpc) is 2.28. The molecule has 2 aromatic rings. The summed E-state index contributed by atoms with van der Waals surface area (Å²) in [7, 11) is 3.30. The van der Waals surface area contributed by atoms with Crippen molar-refractivity contribution in [3.8, 4) is 0 Å². The highest BCUT2D eigenvalue weighted by Gasteiger charge is 2.10. The lowest BCUT2D eigenvalue weighted by molar-refractivity contribution is 0.0822. The van der Waals surface area contributed by atoms with Crippen LogP contribution >= 0.6 is 0 Å².